The Morgan fingerprint density at radius 1 is 1.55 bits per heavy atom. The molecule has 126 valence electrons. The van der Waals surface area contributed by atoms with E-state index in [4.69, 9.17) is 9.26 Å². The number of guanidine groups is 1. The smallest absolute Gasteiger partial charge is 0.191 e. The van der Waals surface area contributed by atoms with Crippen molar-refractivity contribution in [2.24, 2.45) is 10.4 Å². The van der Waals surface area contributed by atoms with Gasteiger partial charge >= 0.3 is 0 Å². The molecule has 2 atom stereocenters. The lowest BCUT2D eigenvalue weighted by Gasteiger charge is -2.51. The summed E-state index contributed by atoms with van der Waals surface area (Å²) in [7, 11) is 1.77. The highest BCUT2D eigenvalue weighted by Crippen LogP contribution is 2.42. The summed E-state index contributed by atoms with van der Waals surface area (Å²) < 4.78 is 10.7. The lowest BCUT2D eigenvalue weighted by molar-refractivity contribution is -0.0922. The van der Waals surface area contributed by atoms with Gasteiger partial charge in [0.1, 0.15) is 6.54 Å². The standard InChI is InChI=1S/C15H26N4O2.HI/c1-6-16-14(17-9-11-7-10(2)19-21-11)18-12-8-13(20-5)15(12,3)4;/h7,12-13H,6,8-9H2,1-5H3,(H2,16,17,18);1H. The van der Waals surface area contributed by atoms with Crippen LogP contribution in [-0.4, -0.2) is 36.9 Å². The minimum absolute atomic E-state index is 0. The number of nitrogens with zero attached hydrogens (tertiary/aromatic N) is 2. The second-order valence-corrected chi connectivity index (χ2v) is 6.11. The number of methoxy groups -OCH3 is 1. The van der Waals surface area contributed by atoms with E-state index >= 15 is 0 Å². The molecule has 0 radical (unpaired) electrons. The monoisotopic (exact) mass is 422 g/mol. The molecule has 1 aromatic heterocycles. The van der Waals surface area contributed by atoms with Crippen molar-refractivity contribution < 1.29 is 9.26 Å². The van der Waals surface area contributed by atoms with Crippen LogP contribution in [0.5, 0.6) is 0 Å². The predicted octanol–water partition coefficient (Wildman–Crippen LogP) is 2.47. The van der Waals surface area contributed by atoms with Crippen molar-refractivity contribution >= 4 is 29.9 Å². The Bertz CT molecular complexity index is 501. The summed E-state index contributed by atoms with van der Waals surface area (Å²) >= 11 is 0. The largest absolute Gasteiger partial charge is 0.381 e. The van der Waals surface area contributed by atoms with Gasteiger partial charge in [-0.3, -0.25) is 0 Å². The Kier molecular flexibility index (Phi) is 7.11. The van der Waals surface area contributed by atoms with Crippen LogP contribution in [0.15, 0.2) is 15.6 Å². The quantitative estimate of drug-likeness (QED) is 0.434. The Morgan fingerprint density at radius 2 is 2.27 bits per heavy atom. The van der Waals surface area contributed by atoms with Gasteiger partial charge in [0.2, 0.25) is 0 Å². The molecule has 7 heteroatoms. The second kappa shape index (κ2) is 8.14. The summed E-state index contributed by atoms with van der Waals surface area (Å²) in [5.41, 5.74) is 0.981. The van der Waals surface area contributed by atoms with Gasteiger partial charge in [-0.2, -0.15) is 0 Å². The second-order valence-electron chi connectivity index (χ2n) is 6.11. The number of aryl methyl sites for hydroxylation is 1. The van der Waals surface area contributed by atoms with Crippen LogP contribution in [0, 0.1) is 12.3 Å². The molecule has 0 amide bonds. The third kappa shape index (κ3) is 4.34. The Labute approximate surface area is 149 Å². The van der Waals surface area contributed by atoms with Crippen molar-refractivity contribution in [3.8, 4) is 0 Å². The summed E-state index contributed by atoms with van der Waals surface area (Å²) in [5.74, 6) is 1.58. The average Bonchev–Trinajstić information content (AvgIpc) is 2.85. The highest BCUT2D eigenvalue weighted by molar-refractivity contribution is 14.0. The maximum Gasteiger partial charge on any atom is 0.191 e. The van der Waals surface area contributed by atoms with E-state index in [1.54, 1.807) is 7.11 Å². The number of ether oxygens (including phenoxy) is 1. The Hall–Kier alpha value is -0.830. The zero-order valence-electron chi connectivity index (χ0n) is 14.0. The molecule has 0 aliphatic heterocycles. The number of rotatable bonds is 5. The van der Waals surface area contributed by atoms with Crippen LogP contribution in [0.4, 0.5) is 0 Å². The molecule has 0 saturated heterocycles. The molecule has 1 aliphatic carbocycles. The zero-order chi connectivity index (χ0) is 15.5. The fourth-order valence-corrected chi connectivity index (χ4v) is 2.66. The molecule has 22 heavy (non-hydrogen) atoms. The molecule has 1 saturated carbocycles. The number of nitrogens with one attached hydrogen (secondary N) is 2. The first kappa shape index (κ1) is 19.2. The first-order valence-electron chi connectivity index (χ1n) is 7.47. The van der Waals surface area contributed by atoms with Crippen LogP contribution < -0.4 is 10.6 Å². The number of aliphatic imine (C=N–C) groups is 1. The maximum atomic E-state index is 5.48. The Balaban J connectivity index is 0.00000242. The van der Waals surface area contributed by atoms with Gasteiger partial charge in [0, 0.05) is 31.2 Å². The molecule has 2 rings (SSSR count). The van der Waals surface area contributed by atoms with Crippen molar-refractivity contribution in [3.05, 3.63) is 17.5 Å². The third-order valence-electron chi connectivity index (χ3n) is 4.19. The van der Waals surface area contributed by atoms with Crippen molar-refractivity contribution in [2.45, 2.75) is 52.8 Å². The third-order valence-corrected chi connectivity index (χ3v) is 4.19. The zero-order valence-corrected chi connectivity index (χ0v) is 16.3. The number of aromatic nitrogens is 1. The van der Waals surface area contributed by atoms with Gasteiger partial charge in [0.05, 0.1) is 11.8 Å². The minimum atomic E-state index is 0. The molecule has 2 N–H and O–H groups in total. The van der Waals surface area contributed by atoms with E-state index in [2.05, 4.69) is 41.6 Å². The lowest BCUT2D eigenvalue weighted by Crippen LogP contribution is -2.63. The first-order chi connectivity index (χ1) is 9.97. The highest BCUT2D eigenvalue weighted by Gasteiger charge is 2.48. The van der Waals surface area contributed by atoms with Crippen LogP contribution in [0.3, 0.4) is 0 Å². The van der Waals surface area contributed by atoms with E-state index in [1.165, 1.54) is 0 Å². The van der Waals surface area contributed by atoms with Crippen LogP contribution in [-0.2, 0) is 11.3 Å². The van der Waals surface area contributed by atoms with Gasteiger partial charge in [0.25, 0.3) is 0 Å². The van der Waals surface area contributed by atoms with Crippen LogP contribution in [0.25, 0.3) is 0 Å². The highest BCUT2D eigenvalue weighted by atomic mass is 127. The van der Waals surface area contributed by atoms with Crippen molar-refractivity contribution in [1.29, 1.82) is 0 Å². The summed E-state index contributed by atoms with van der Waals surface area (Å²) in [6.07, 6.45) is 1.30. The molecule has 1 fully saturated rings. The van der Waals surface area contributed by atoms with Crippen molar-refractivity contribution in [3.63, 3.8) is 0 Å². The van der Waals surface area contributed by atoms with E-state index in [-0.39, 0.29) is 29.4 Å². The van der Waals surface area contributed by atoms with E-state index in [9.17, 15) is 0 Å². The van der Waals surface area contributed by atoms with Gasteiger partial charge in [-0.25, -0.2) is 4.99 Å². The van der Waals surface area contributed by atoms with Crippen LogP contribution >= 0.6 is 24.0 Å². The average molecular weight is 422 g/mol. The van der Waals surface area contributed by atoms with Gasteiger partial charge < -0.3 is 19.9 Å². The topological polar surface area (TPSA) is 71.7 Å². The van der Waals surface area contributed by atoms with Gasteiger partial charge in [-0.05, 0) is 20.3 Å². The van der Waals surface area contributed by atoms with E-state index in [1.807, 2.05) is 13.0 Å². The van der Waals surface area contributed by atoms with E-state index in [0.717, 1.165) is 30.4 Å². The fraction of sp³-hybridized carbons (Fsp3) is 0.733. The molecular formula is C15H27IN4O2. The molecule has 0 spiro atoms. The number of hydrogen-bond donors (Lipinski definition) is 2. The number of halogens is 1. The normalized spacial score (nSPS) is 23.4. The SMILES string of the molecule is CCNC(=NCc1cc(C)no1)NC1CC(OC)C1(C)C.I. The maximum absolute atomic E-state index is 5.48. The molecule has 0 aromatic carbocycles. The van der Waals surface area contributed by atoms with E-state index < -0.39 is 0 Å². The summed E-state index contributed by atoms with van der Waals surface area (Å²) in [6, 6.07) is 2.26. The Morgan fingerprint density at radius 3 is 2.77 bits per heavy atom. The van der Waals surface area contributed by atoms with Crippen molar-refractivity contribution in [2.75, 3.05) is 13.7 Å². The molecule has 0 bridgehead atoms. The molecular weight excluding hydrogens is 395 g/mol. The van der Waals surface area contributed by atoms with Gasteiger partial charge in [0.15, 0.2) is 11.7 Å². The van der Waals surface area contributed by atoms with Crippen LogP contribution in [0.2, 0.25) is 0 Å². The van der Waals surface area contributed by atoms with Gasteiger partial charge in [-0.15, -0.1) is 24.0 Å². The first-order valence-corrected chi connectivity index (χ1v) is 7.47. The predicted molar refractivity (Wildman–Crippen MR) is 97.6 cm³/mol. The van der Waals surface area contributed by atoms with Crippen molar-refractivity contribution in [1.82, 2.24) is 15.8 Å². The van der Waals surface area contributed by atoms with Gasteiger partial charge in [-0.1, -0.05) is 19.0 Å². The lowest BCUT2D eigenvalue weighted by atomic mass is 9.64. The number of hydrogen-bond acceptors (Lipinski definition) is 4. The molecule has 1 aliphatic rings. The van der Waals surface area contributed by atoms with E-state index in [0.29, 0.717) is 18.7 Å². The summed E-state index contributed by atoms with van der Waals surface area (Å²) in [6.45, 7) is 9.69. The minimum Gasteiger partial charge on any atom is -0.381 e. The molecule has 1 heterocycles. The van der Waals surface area contributed by atoms with Crippen LogP contribution in [0.1, 0.15) is 38.6 Å². The molecule has 6 nitrogen and oxygen atoms in total. The molecule has 1 aromatic rings. The fourth-order valence-electron chi connectivity index (χ4n) is 2.66. The summed E-state index contributed by atoms with van der Waals surface area (Å²) in [5, 5.41) is 10.6. The summed E-state index contributed by atoms with van der Waals surface area (Å²) in [4.78, 5) is 4.56. The molecule has 2 unspecified atom stereocenters.